The molecule has 0 fully saturated rings. The number of amides is 1. The zero-order valence-corrected chi connectivity index (χ0v) is 13.7. The van der Waals surface area contributed by atoms with Crippen molar-refractivity contribution in [2.45, 2.75) is 13.3 Å². The number of anilines is 1. The van der Waals surface area contributed by atoms with Crippen molar-refractivity contribution in [2.24, 2.45) is 0 Å². The lowest BCUT2D eigenvalue weighted by Gasteiger charge is -2.10. The Morgan fingerprint density at radius 3 is 2.68 bits per heavy atom. The van der Waals surface area contributed by atoms with Crippen molar-refractivity contribution >= 4 is 38.4 Å². The molecule has 0 saturated heterocycles. The number of carbonyl (C=O) groups is 1. The predicted octanol–water partition coefficient (Wildman–Crippen LogP) is 4.49. The van der Waals surface area contributed by atoms with E-state index in [4.69, 9.17) is 0 Å². The third-order valence-corrected chi connectivity index (χ3v) is 4.05. The molecule has 0 aliphatic carbocycles. The summed E-state index contributed by atoms with van der Waals surface area (Å²) < 4.78 is 1.01. The number of nitrogens with zero attached hydrogens (tertiary/aromatic N) is 1. The van der Waals surface area contributed by atoms with Crippen LogP contribution in [0.5, 0.6) is 0 Å². The fourth-order valence-electron chi connectivity index (χ4n) is 2.40. The lowest BCUT2D eigenvalue weighted by molar-refractivity contribution is -0.115. The fraction of sp³-hybridized carbons (Fsp3) is 0.111. The number of fused-ring (bicyclic) bond motifs is 1. The molecule has 0 atom stereocenters. The van der Waals surface area contributed by atoms with E-state index in [0.29, 0.717) is 6.42 Å². The maximum atomic E-state index is 12.3. The van der Waals surface area contributed by atoms with Crippen LogP contribution in [0.15, 0.2) is 59.2 Å². The van der Waals surface area contributed by atoms with Gasteiger partial charge in [-0.2, -0.15) is 0 Å². The van der Waals surface area contributed by atoms with Gasteiger partial charge in [-0.25, -0.2) is 0 Å². The minimum Gasteiger partial charge on any atom is -0.325 e. The van der Waals surface area contributed by atoms with Gasteiger partial charge in [0.05, 0.1) is 17.6 Å². The number of aryl methyl sites for hydroxylation is 1. The first-order valence-electron chi connectivity index (χ1n) is 7.02. The quantitative estimate of drug-likeness (QED) is 0.752. The van der Waals surface area contributed by atoms with Crippen LogP contribution in [-0.2, 0) is 11.2 Å². The van der Waals surface area contributed by atoms with E-state index >= 15 is 0 Å². The molecule has 1 N–H and O–H groups in total. The van der Waals surface area contributed by atoms with Crippen LogP contribution in [0, 0.1) is 6.92 Å². The summed E-state index contributed by atoms with van der Waals surface area (Å²) >= 11 is 3.39. The molecule has 3 nitrogen and oxygen atoms in total. The highest BCUT2D eigenvalue weighted by molar-refractivity contribution is 9.10. The summed E-state index contributed by atoms with van der Waals surface area (Å²) in [7, 11) is 0. The summed E-state index contributed by atoms with van der Waals surface area (Å²) in [6.45, 7) is 2.02. The number of benzene rings is 2. The number of aromatic nitrogens is 1. The summed E-state index contributed by atoms with van der Waals surface area (Å²) in [6.07, 6.45) is 2.12. The van der Waals surface area contributed by atoms with Crippen molar-refractivity contribution in [3.8, 4) is 0 Å². The Bertz CT molecular complexity index is 828. The summed E-state index contributed by atoms with van der Waals surface area (Å²) in [4.78, 5) is 16.6. The maximum absolute atomic E-state index is 12.3. The molecule has 0 spiro atoms. The summed E-state index contributed by atoms with van der Waals surface area (Å²) in [6, 6.07) is 15.5. The van der Waals surface area contributed by atoms with Gasteiger partial charge >= 0.3 is 0 Å². The van der Waals surface area contributed by atoms with Crippen molar-refractivity contribution in [1.29, 1.82) is 0 Å². The first-order valence-corrected chi connectivity index (χ1v) is 7.81. The number of halogens is 1. The monoisotopic (exact) mass is 354 g/mol. The molecule has 1 heterocycles. The number of nitrogens with one attached hydrogen (secondary N) is 1. The van der Waals surface area contributed by atoms with Gasteiger partial charge in [0.15, 0.2) is 0 Å². The average Bonchev–Trinajstić information content (AvgIpc) is 2.53. The molecule has 110 valence electrons. The lowest BCUT2D eigenvalue weighted by atomic mass is 10.1. The van der Waals surface area contributed by atoms with Crippen LogP contribution >= 0.6 is 15.9 Å². The van der Waals surface area contributed by atoms with E-state index < -0.39 is 0 Å². The van der Waals surface area contributed by atoms with Crippen LogP contribution in [0.25, 0.3) is 10.9 Å². The number of rotatable bonds is 3. The summed E-state index contributed by atoms with van der Waals surface area (Å²) in [5.74, 6) is -0.0312. The standard InChI is InChI=1S/C18H15BrN2O/c1-12-4-9-16(15-3-2-10-20-18(12)15)21-17(22)11-13-5-7-14(19)8-6-13/h2-10H,11H2,1H3,(H,21,22). The van der Waals surface area contributed by atoms with E-state index in [2.05, 4.69) is 26.2 Å². The van der Waals surface area contributed by atoms with E-state index in [1.807, 2.05) is 55.5 Å². The molecule has 0 unspecified atom stereocenters. The van der Waals surface area contributed by atoms with E-state index in [-0.39, 0.29) is 5.91 Å². The highest BCUT2D eigenvalue weighted by atomic mass is 79.9. The highest BCUT2D eigenvalue weighted by Gasteiger charge is 2.08. The van der Waals surface area contributed by atoms with Crippen LogP contribution in [0.4, 0.5) is 5.69 Å². The third-order valence-electron chi connectivity index (χ3n) is 3.52. The molecule has 2 aromatic carbocycles. The first-order chi connectivity index (χ1) is 10.6. The molecular weight excluding hydrogens is 340 g/mol. The van der Waals surface area contributed by atoms with Crippen molar-refractivity contribution in [3.63, 3.8) is 0 Å². The van der Waals surface area contributed by atoms with Crippen molar-refractivity contribution in [3.05, 3.63) is 70.3 Å². The second kappa shape index (κ2) is 6.28. The number of hydrogen-bond donors (Lipinski definition) is 1. The van der Waals surface area contributed by atoms with Gasteiger partial charge < -0.3 is 5.32 Å². The number of hydrogen-bond acceptors (Lipinski definition) is 2. The molecule has 0 aliphatic rings. The minimum atomic E-state index is -0.0312. The Morgan fingerprint density at radius 2 is 1.91 bits per heavy atom. The highest BCUT2D eigenvalue weighted by Crippen LogP contribution is 2.24. The largest absolute Gasteiger partial charge is 0.325 e. The van der Waals surface area contributed by atoms with Crippen LogP contribution in [0.2, 0.25) is 0 Å². The summed E-state index contributed by atoms with van der Waals surface area (Å²) in [5.41, 5.74) is 3.80. The topological polar surface area (TPSA) is 42.0 Å². The smallest absolute Gasteiger partial charge is 0.228 e. The van der Waals surface area contributed by atoms with Gasteiger partial charge in [0, 0.05) is 16.1 Å². The summed E-state index contributed by atoms with van der Waals surface area (Å²) in [5, 5.41) is 3.95. The maximum Gasteiger partial charge on any atom is 0.228 e. The zero-order valence-electron chi connectivity index (χ0n) is 12.1. The molecule has 3 rings (SSSR count). The van der Waals surface area contributed by atoms with Gasteiger partial charge in [-0.3, -0.25) is 9.78 Å². The SMILES string of the molecule is Cc1ccc(NC(=O)Cc2ccc(Br)cc2)c2cccnc12. The Balaban J connectivity index is 1.82. The van der Waals surface area contributed by atoms with Crippen LogP contribution in [-0.4, -0.2) is 10.9 Å². The van der Waals surface area contributed by atoms with Crippen LogP contribution in [0.3, 0.4) is 0 Å². The molecule has 0 radical (unpaired) electrons. The Labute approximate surface area is 137 Å². The van der Waals surface area contributed by atoms with Gasteiger partial charge in [-0.1, -0.05) is 34.1 Å². The Morgan fingerprint density at radius 1 is 1.14 bits per heavy atom. The average molecular weight is 355 g/mol. The Hall–Kier alpha value is -2.20. The molecule has 0 aliphatic heterocycles. The molecule has 3 aromatic rings. The first kappa shape index (κ1) is 14.7. The van der Waals surface area contributed by atoms with Gasteiger partial charge in [-0.05, 0) is 48.4 Å². The molecule has 4 heteroatoms. The van der Waals surface area contributed by atoms with Crippen LogP contribution in [0.1, 0.15) is 11.1 Å². The van der Waals surface area contributed by atoms with Crippen molar-refractivity contribution < 1.29 is 4.79 Å². The fourth-order valence-corrected chi connectivity index (χ4v) is 2.67. The van der Waals surface area contributed by atoms with E-state index in [9.17, 15) is 4.79 Å². The van der Waals surface area contributed by atoms with E-state index in [0.717, 1.165) is 32.2 Å². The van der Waals surface area contributed by atoms with Crippen molar-refractivity contribution in [1.82, 2.24) is 4.98 Å². The number of pyridine rings is 1. The second-order valence-corrected chi connectivity index (χ2v) is 6.10. The second-order valence-electron chi connectivity index (χ2n) is 5.18. The lowest BCUT2D eigenvalue weighted by Crippen LogP contribution is -2.14. The molecule has 22 heavy (non-hydrogen) atoms. The van der Waals surface area contributed by atoms with Crippen molar-refractivity contribution in [2.75, 3.05) is 5.32 Å². The number of carbonyl (C=O) groups excluding carboxylic acids is 1. The molecule has 1 amide bonds. The molecule has 1 aromatic heterocycles. The van der Waals surface area contributed by atoms with Crippen LogP contribution < -0.4 is 5.32 Å². The molecule has 0 saturated carbocycles. The van der Waals surface area contributed by atoms with E-state index in [1.54, 1.807) is 6.20 Å². The predicted molar refractivity (Wildman–Crippen MR) is 93.0 cm³/mol. The molecule has 0 bridgehead atoms. The van der Waals surface area contributed by atoms with Gasteiger partial charge in [0.2, 0.25) is 5.91 Å². The third kappa shape index (κ3) is 3.17. The van der Waals surface area contributed by atoms with Gasteiger partial charge in [0.25, 0.3) is 0 Å². The minimum absolute atomic E-state index is 0.0312. The zero-order chi connectivity index (χ0) is 15.5. The van der Waals surface area contributed by atoms with E-state index in [1.165, 1.54) is 0 Å². The normalized spacial score (nSPS) is 10.6. The van der Waals surface area contributed by atoms with Gasteiger partial charge in [0.1, 0.15) is 0 Å². The Kier molecular flexibility index (Phi) is 4.20. The molecular formula is C18H15BrN2O. The van der Waals surface area contributed by atoms with Gasteiger partial charge in [-0.15, -0.1) is 0 Å².